The Morgan fingerprint density at radius 3 is 2.58 bits per heavy atom. The topological polar surface area (TPSA) is 55.8 Å². The van der Waals surface area contributed by atoms with Gasteiger partial charge in [0.2, 0.25) is 0 Å². The summed E-state index contributed by atoms with van der Waals surface area (Å²) >= 11 is 0. The SMILES string of the molecule is C=C(C)CN1CCC(NC(=O)N(CCO)Cc2ccccc2)CC1. The van der Waals surface area contributed by atoms with Crippen molar-refractivity contribution < 1.29 is 9.90 Å². The minimum absolute atomic E-state index is 0.0304. The molecule has 132 valence electrons. The number of rotatable bonds is 7. The number of urea groups is 1. The van der Waals surface area contributed by atoms with Gasteiger partial charge in [-0.1, -0.05) is 42.5 Å². The zero-order chi connectivity index (χ0) is 17.4. The minimum atomic E-state index is -0.0914. The van der Waals surface area contributed by atoms with Crippen LogP contribution in [0.15, 0.2) is 42.5 Å². The van der Waals surface area contributed by atoms with Crippen LogP contribution in [0.25, 0.3) is 0 Å². The second kappa shape index (κ2) is 9.45. The number of carbonyl (C=O) groups excluding carboxylic acids is 1. The number of likely N-dealkylation sites (tertiary alicyclic amines) is 1. The number of hydrogen-bond donors (Lipinski definition) is 2. The smallest absolute Gasteiger partial charge is 0.317 e. The highest BCUT2D eigenvalue weighted by Crippen LogP contribution is 2.12. The summed E-state index contributed by atoms with van der Waals surface area (Å²) in [4.78, 5) is 16.6. The number of nitrogens with one attached hydrogen (secondary N) is 1. The Labute approximate surface area is 145 Å². The highest BCUT2D eigenvalue weighted by atomic mass is 16.3. The fourth-order valence-electron chi connectivity index (χ4n) is 3.06. The summed E-state index contributed by atoms with van der Waals surface area (Å²) in [7, 11) is 0. The van der Waals surface area contributed by atoms with E-state index in [1.54, 1.807) is 4.90 Å². The average Bonchev–Trinajstić information content (AvgIpc) is 2.57. The summed E-state index contributed by atoms with van der Waals surface area (Å²) in [6, 6.07) is 9.98. The second-order valence-electron chi connectivity index (χ2n) is 6.59. The lowest BCUT2D eigenvalue weighted by Gasteiger charge is -2.33. The fraction of sp³-hybridized carbons (Fsp3) is 0.526. The van der Waals surface area contributed by atoms with Crippen LogP contribution in [-0.2, 0) is 6.54 Å². The molecule has 1 fully saturated rings. The first kappa shape index (κ1) is 18.5. The maximum absolute atomic E-state index is 12.5. The van der Waals surface area contributed by atoms with E-state index in [1.807, 2.05) is 37.3 Å². The van der Waals surface area contributed by atoms with Crippen LogP contribution in [0.5, 0.6) is 0 Å². The van der Waals surface area contributed by atoms with Gasteiger partial charge in [0.1, 0.15) is 0 Å². The van der Waals surface area contributed by atoms with E-state index in [4.69, 9.17) is 0 Å². The summed E-state index contributed by atoms with van der Waals surface area (Å²) < 4.78 is 0. The summed E-state index contributed by atoms with van der Waals surface area (Å²) in [6.45, 7) is 9.73. The first-order valence-electron chi connectivity index (χ1n) is 8.65. The Kier molecular flexibility index (Phi) is 7.28. The molecule has 0 radical (unpaired) electrons. The molecule has 0 unspecified atom stereocenters. The van der Waals surface area contributed by atoms with E-state index in [0.29, 0.717) is 13.1 Å². The number of carbonyl (C=O) groups is 1. The molecule has 1 aliphatic rings. The van der Waals surface area contributed by atoms with E-state index in [1.165, 1.54) is 5.57 Å². The number of benzene rings is 1. The number of aliphatic hydroxyl groups excluding tert-OH is 1. The largest absolute Gasteiger partial charge is 0.395 e. The van der Waals surface area contributed by atoms with E-state index in [9.17, 15) is 9.90 Å². The second-order valence-corrected chi connectivity index (χ2v) is 6.59. The van der Waals surface area contributed by atoms with Gasteiger partial charge in [0, 0.05) is 38.8 Å². The molecule has 1 aromatic rings. The summed E-state index contributed by atoms with van der Waals surface area (Å²) in [5, 5.41) is 12.4. The molecule has 1 heterocycles. The molecule has 0 saturated carbocycles. The van der Waals surface area contributed by atoms with E-state index in [0.717, 1.165) is 38.0 Å². The third kappa shape index (κ3) is 5.98. The summed E-state index contributed by atoms with van der Waals surface area (Å²) in [6.07, 6.45) is 1.91. The first-order chi connectivity index (χ1) is 11.6. The average molecular weight is 331 g/mol. The lowest BCUT2D eigenvalue weighted by atomic mass is 10.0. The quantitative estimate of drug-likeness (QED) is 0.754. The van der Waals surface area contributed by atoms with Gasteiger partial charge in [0.15, 0.2) is 0 Å². The number of nitrogens with zero attached hydrogens (tertiary/aromatic N) is 2. The summed E-state index contributed by atoms with van der Waals surface area (Å²) in [5.74, 6) is 0. The van der Waals surface area contributed by atoms with Crippen molar-refractivity contribution in [2.45, 2.75) is 32.4 Å². The van der Waals surface area contributed by atoms with Gasteiger partial charge in [0.05, 0.1) is 6.61 Å². The predicted octanol–water partition coefficient (Wildman–Crippen LogP) is 2.23. The number of aliphatic hydroxyl groups is 1. The molecule has 5 nitrogen and oxygen atoms in total. The Hall–Kier alpha value is -1.85. The van der Waals surface area contributed by atoms with E-state index >= 15 is 0 Å². The monoisotopic (exact) mass is 331 g/mol. The van der Waals surface area contributed by atoms with Crippen molar-refractivity contribution in [1.82, 2.24) is 15.1 Å². The molecule has 0 atom stereocenters. The van der Waals surface area contributed by atoms with Crippen LogP contribution in [-0.4, -0.2) is 59.8 Å². The molecule has 1 aliphatic heterocycles. The van der Waals surface area contributed by atoms with Crippen LogP contribution in [0.2, 0.25) is 0 Å². The molecule has 0 aliphatic carbocycles. The highest BCUT2D eigenvalue weighted by molar-refractivity contribution is 5.74. The molecule has 2 amide bonds. The Morgan fingerprint density at radius 2 is 2.00 bits per heavy atom. The molecule has 0 bridgehead atoms. The molecule has 0 aromatic heterocycles. The van der Waals surface area contributed by atoms with Gasteiger partial charge in [-0.3, -0.25) is 4.90 Å². The molecular formula is C19H29N3O2. The van der Waals surface area contributed by atoms with Crippen molar-refractivity contribution in [3.05, 3.63) is 48.0 Å². The lowest BCUT2D eigenvalue weighted by molar-refractivity contribution is 0.160. The molecule has 1 aromatic carbocycles. The molecule has 1 saturated heterocycles. The third-order valence-corrected chi connectivity index (χ3v) is 4.28. The Morgan fingerprint density at radius 1 is 1.33 bits per heavy atom. The number of amides is 2. The van der Waals surface area contributed by atoms with Crippen LogP contribution >= 0.6 is 0 Å². The maximum Gasteiger partial charge on any atom is 0.317 e. The minimum Gasteiger partial charge on any atom is -0.395 e. The van der Waals surface area contributed by atoms with Crippen molar-refractivity contribution >= 4 is 6.03 Å². The Balaban J connectivity index is 1.83. The van der Waals surface area contributed by atoms with Gasteiger partial charge in [-0.25, -0.2) is 4.79 Å². The van der Waals surface area contributed by atoms with Gasteiger partial charge in [-0.15, -0.1) is 0 Å². The standard InChI is InChI=1S/C19H29N3O2/c1-16(2)14-21-10-8-18(9-11-21)20-19(24)22(12-13-23)15-17-6-4-3-5-7-17/h3-7,18,23H,1,8-15H2,2H3,(H,20,24). The van der Waals surface area contributed by atoms with Gasteiger partial charge in [-0.05, 0) is 25.3 Å². The molecular weight excluding hydrogens is 302 g/mol. The fourth-order valence-corrected chi connectivity index (χ4v) is 3.06. The zero-order valence-corrected chi connectivity index (χ0v) is 14.6. The van der Waals surface area contributed by atoms with E-state index in [2.05, 4.69) is 16.8 Å². The number of hydrogen-bond acceptors (Lipinski definition) is 3. The van der Waals surface area contributed by atoms with Gasteiger partial charge in [-0.2, -0.15) is 0 Å². The number of piperidine rings is 1. The van der Waals surface area contributed by atoms with Gasteiger partial charge < -0.3 is 15.3 Å². The van der Waals surface area contributed by atoms with Crippen LogP contribution in [0.3, 0.4) is 0 Å². The third-order valence-electron chi connectivity index (χ3n) is 4.28. The molecule has 0 spiro atoms. The van der Waals surface area contributed by atoms with Crippen molar-refractivity contribution in [1.29, 1.82) is 0 Å². The normalized spacial score (nSPS) is 15.9. The van der Waals surface area contributed by atoms with Gasteiger partial charge in [0.25, 0.3) is 0 Å². The lowest BCUT2D eigenvalue weighted by Crippen LogP contribution is -2.49. The molecule has 2 rings (SSSR count). The van der Waals surface area contributed by atoms with Gasteiger partial charge >= 0.3 is 6.03 Å². The van der Waals surface area contributed by atoms with Crippen LogP contribution in [0.4, 0.5) is 4.79 Å². The highest BCUT2D eigenvalue weighted by Gasteiger charge is 2.22. The van der Waals surface area contributed by atoms with E-state index < -0.39 is 0 Å². The molecule has 2 N–H and O–H groups in total. The van der Waals surface area contributed by atoms with Crippen LogP contribution < -0.4 is 5.32 Å². The van der Waals surface area contributed by atoms with E-state index in [-0.39, 0.29) is 18.7 Å². The van der Waals surface area contributed by atoms with Crippen molar-refractivity contribution in [2.75, 3.05) is 32.8 Å². The van der Waals surface area contributed by atoms with Crippen molar-refractivity contribution in [2.24, 2.45) is 0 Å². The Bertz CT molecular complexity index is 525. The summed E-state index contributed by atoms with van der Waals surface area (Å²) in [5.41, 5.74) is 2.24. The molecule has 5 heteroatoms. The van der Waals surface area contributed by atoms with Crippen LogP contribution in [0.1, 0.15) is 25.3 Å². The van der Waals surface area contributed by atoms with Crippen molar-refractivity contribution in [3.63, 3.8) is 0 Å². The zero-order valence-electron chi connectivity index (χ0n) is 14.6. The maximum atomic E-state index is 12.5. The van der Waals surface area contributed by atoms with Crippen molar-refractivity contribution in [3.8, 4) is 0 Å². The first-order valence-corrected chi connectivity index (χ1v) is 8.65. The van der Waals surface area contributed by atoms with Crippen LogP contribution in [0, 0.1) is 0 Å². The molecule has 24 heavy (non-hydrogen) atoms. The predicted molar refractivity (Wildman–Crippen MR) is 96.7 cm³/mol.